The van der Waals surface area contributed by atoms with E-state index in [9.17, 15) is 10.2 Å². The molecular weight excluding hydrogens is 414 g/mol. The Labute approximate surface area is 193 Å². The van der Waals surface area contributed by atoms with E-state index in [1.807, 2.05) is 36.4 Å². The average molecular weight is 442 g/mol. The molecule has 0 saturated heterocycles. The molecule has 33 heavy (non-hydrogen) atoms. The van der Waals surface area contributed by atoms with Crippen molar-refractivity contribution in [1.29, 1.82) is 0 Å². The molecule has 0 aliphatic carbocycles. The lowest BCUT2D eigenvalue weighted by molar-refractivity contribution is 0.0536. The molecule has 4 rings (SSSR count). The van der Waals surface area contributed by atoms with Crippen LogP contribution >= 0.6 is 0 Å². The number of benzene rings is 4. The Bertz CT molecular complexity index is 1110. The van der Waals surface area contributed by atoms with Gasteiger partial charge in [0.15, 0.2) is 0 Å². The van der Waals surface area contributed by atoms with E-state index in [1.165, 1.54) is 5.56 Å². The molecule has 0 radical (unpaired) electrons. The molecule has 0 aliphatic rings. The molecule has 0 aromatic heterocycles. The summed E-state index contributed by atoms with van der Waals surface area (Å²) in [6.45, 7) is 1.79. The average Bonchev–Trinajstić information content (AvgIpc) is 2.86. The molecule has 0 saturated carbocycles. The maximum atomic E-state index is 9.72. The summed E-state index contributed by atoms with van der Waals surface area (Å²) in [5.74, 6) is 0.872. The van der Waals surface area contributed by atoms with E-state index in [1.54, 1.807) is 12.1 Å². The smallest absolute Gasteiger partial charge is 0.119 e. The first kappa shape index (κ1) is 22.4. The van der Waals surface area contributed by atoms with Crippen LogP contribution in [0.2, 0.25) is 0 Å². The molecule has 0 aliphatic heterocycles. The molecule has 0 spiro atoms. The highest BCUT2D eigenvalue weighted by atomic mass is 16.5. The molecule has 1 atom stereocenters. The number of nitrogens with zero attached hydrogens (tertiary/aromatic N) is 1. The van der Waals surface area contributed by atoms with Gasteiger partial charge in [-0.2, -0.15) is 0 Å². The van der Waals surface area contributed by atoms with Crippen LogP contribution in [0.1, 0.15) is 5.56 Å². The maximum absolute atomic E-state index is 9.72. The van der Waals surface area contributed by atoms with Crippen LogP contribution in [0.3, 0.4) is 0 Å². The fourth-order valence-corrected chi connectivity index (χ4v) is 3.53. The third-order valence-corrected chi connectivity index (χ3v) is 5.37. The van der Waals surface area contributed by atoms with Gasteiger partial charge in [-0.3, -0.25) is 0 Å². The Morgan fingerprint density at radius 1 is 0.697 bits per heavy atom. The highest BCUT2D eigenvalue weighted by molar-refractivity contribution is 5.78. The van der Waals surface area contributed by atoms with Gasteiger partial charge in [0.25, 0.3) is 0 Å². The number of aliphatic hydroxyl groups excluding tert-OH is 2. The number of phenols is 1. The molecule has 0 heterocycles. The summed E-state index contributed by atoms with van der Waals surface area (Å²) in [6.07, 6.45) is -0.887. The highest BCUT2D eigenvalue weighted by Gasteiger charge is 2.13. The molecule has 0 bridgehead atoms. The first-order valence-electron chi connectivity index (χ1n) is 10.8. The minimum atomic E-state index is -0.887. The summed E-state index contributed by atoms with van der Waals surface area (Å²) >= 11 is 0. The van der Waals surface area contributed by atoms with E-state index >= 15 is 0 Å². The van der Waals surface area contributed by atoms with Crippen molar-refractivity contribution in [3.63, 3.8) is 0 Å². The molecule has 5 heteroatoms. The van der Waals surface area contributed by atoms with Gasteiger partial charge in [0.2, 0.25) is 0 Å². The number of aryl methyl sites for hydroxylation is 1. The van der Waals surface area contributed by atoms with Gasteiger partial charge in [-0.05, 0) is 78.7 Å². The third kappa shape index (κ3) is 5.52. The fourth-order valence-electron chi connectivity index (χ4n) is 3.53. The van der Waals surface area contributed by atoms with Crippen molar-refractivity contribution in [3.05, 3.63) is 103 Å². The number of phenolic OH excluding ortho intramolecular Hbond substituents is 1. The number of hydrogen-bond donors (Lipinski definition) is 3. The molecule has 0 fully saturated rings. The second-order valence-corrected chi connectivity index (χ2v) is 7.91. The van der Waals surface area contributed by atoms with Crippen LogP contribution in [-0.2, 0) is 0 Å². The Morgan fingerprint density at radius 2 is 1.15 bits per heavy atom. The van der Waals surface area contributed by atoms with Crippen LogP contribution in [0.15, 0.2) is 97.1 Å². The summed E-state index contributed by atoms with van der Waals surface area (Å²) < 4.78 is 5.48. The highest BCUT2D eigenvalue weighted by Crippen LogP contribution is 2.36. The molecule has 3 N–H and O–H groups in total. The Balaban J connectivity index is 1.59. The van der Waals surface area contributed by atoms with Gasteiger partial charge in [-0.15, -0.1) is 0 Å². The van der Waals surface area contributed by atoms with Gasteiger partial charge >= 0.3 is 0 Å². The maximum Gasteiger partial charge on any atom is 0.119 e. The number of anilines is 3. The zero-order valence-electron chi connectivity index (χ0n) is 18.4. The lowest BCUT2D eigenvalue weighted by Gasteiger charge is -2.26. The Morgan fingerprint density at radius 3 is 1.67 bits per heavy atom. The molecule has 1 unspecified atom stereocenters. The lowest BCUT2D eigenvalue weighted by Crippen LogP contribution is -2.21. The van der Waals surface area contributed by atoms with E-state index in [2.05, 4.69) is 60.4 Å². The topological polar surface area (TPSA) is 73.2 Å². The second-order valence-electron chi connectivity index (χ2n) is 7.91. The standard InChI is InChI=1S/C28H27NO4/c1-20-2-8-23(9-3-20)29(25-12-14-26(31)15-13-25)24-10-4-21(5-11-24)22-6-16-28(17-7-22)33-19-27(32)18-30/h2-17,27,30-32H,18-19H2,1H3. The largest absolute Gasteiger partial charge is 0.508 e. The second kappa shape index (κ2) is 10.2. The van der Waals surface area contributed by atoms with Gasteiger partial charge < -0.3 is 25.0 Å². The zero-order chi connectivity index (χ0) is 23.2. The van der Waals surface area contributed by atoms with E-state index in [0.717, 1.165) is 28.2 Å². The number of hydrogen-bond acceptors (Lipinski definition) is 5. The van der Waals surface area contributed by atoms with Gasteiger partial charge in [0, 0.05) is 17.1 Å². The number of ether oxygens (including phenoxy) is 1. The first-order chi connectivity index (χ1) is 16.0. The van der Waals surface area contributed by atoms with Crippen molar-refractivity contribution in [1.82, 2.24) is 0 Å². The van der Waals surface area contributed by atoms with Crippen LogP contribution in [0.25, 0.3) is 11.1 Å². The van der Waals surface area contributed by atoms with Gasteiger partial charge in [-0.1, -0.05) is 42.0 Å². The van der Waals surface area contributed by atoms with Crippen LogP contribution in [0.5, 0.6) is 11.5 Å². The predicted octanol–water partition coefficient (Wildman–Crippen LogP) is 5.57. The molecule has 0 amide bonds. The lowest BCUT2D eigenvalue weighted by atomic mass is 10.0. The van der Waals surface area contributed by atoms with Crippen molar-refractivity contribution in [2.75, 3.05) is 18.1 Å². The van der Waals surface area contributed by atoms with Crippen LogP contribution in [0, 0.1) is 6.92 Å². The number of aliphatic hydroxyl groups is 2. The summed E-state index contributed by atoms with van der Waals surface area (Å²) in [7, 11) is 0. The van der Waals surface area contributed by atoms with E-state index in [4.69, 9.17) is 9.84 Å². The third-order valence-electron chi connectivity index (χ3n) is 5.37. The number of rotatable bonds is 8. The van der Waals surface area contributed by atoms with Crippen molar-refractivity contribution in [2.24, 2.45) is 0 Å². The minimum absolute atomic E-state index is 0.0522. The normalized spacial score (nSPS) is 11.7. The molecule has 4 aromatic carbocycles. The van der Waals surface area contributed by atoms with Crippen LogP contribution in [-0.4, -0.2) is 34.6 Å². The molecule has 5 nitrogen and oxygen atoms in total. The molecule has 4 aromatic rings. The zero-order valence-corrected chi connectivity index (χ0v) is 18.4. The van der Waals surface area contributed by atoms with E-state index in [-0.39, 0.29) is 19.0 Å². The SMILES string of the molecule is Cc1ccc(N(c2ccc(O)cc2)c2ccc(-c3ccc(OCC(O)CO)cc3)cc2)cc1. The summed E-state index contributed by atoms with van der Waals surface area (Å²) in [6, 6.07) is 31.4. The van der Waals surface area contributed by atoms with Crippen molar-refractivity contribution < 1.29 is 20.1 Å². The van der Waals surface area contributed by atoms with E-state index in [0.29, 0.717) is 5.75 Å². The number of aromatic hydroxyl groups is 1. The van der Waals surface area contributed by atoms with Crippen molar-refractivity contribution in [3.8, 4) is 22.6 Å². The van der Waals surface area contributed by atoms with Crippen molar-refractivity contribution >= 4 is 17.1 Å². The summed E-state index contributed by atoms with van der Waals surface area (Å²) in [5.41, 5.74) is 6.30. The molecule has 168 valence electrons. The minimum Gasteiger partial charge on any atom is -0.508 e. The fraction of sp³-hybridized carbons (Fsp3) is 0.143. The van der Waals surface area contributed by atoms with Crippen LogP contribution in [0.4, 0.5) is 17.1 Å². The summed E-state index contributed by atoms with van der Waals surface area (Å²) in [4.78, 5) is 2.14. The molecular formula is C28H27NO4. The predicted molar refractivity (Wildman–Crippen MR) is 132 cm³/mol. The van der Waals surface area contributed by atoms with Crippen molar-refractivity contribution in [2.45, 2.75) is 13.0 Å². The quantitative estimate of drug-likeness (QED) is 0.333. The Hall–Kier alpha value is -3.80. The van der Waals surface area contributed by atoms with Crippen LogP contribution < -0.4 is 9.64 Å². The van der Waals surface area contributed by atoms with E-state index < -0.39 is 6.10 Å². The first-order valence-corrected chi connectivity index (χ1v) is 10.8. The monoisotopic (exact) mass is 441 g/mol. The summed E-state index contributed by atoms with van der Waals surface area (Å²) in [5, 5.41) is 28.0. The Kier molecular flexibility index (Phi) is 6.93. The van der Waals surface area contributed by atoms with Gasteiger partial charge in [-0.25, -0.2) is 0 Å². The van der Waals surface area contributed by atoms with Gasteiger partial charge in [0.1, 0.15) is 24.2 Å². The van der Waals surface area contributed by atoms with Gasteiger partial charge in [0.05, 0.1) is 6.61 Å².